The maximum atomic E-state index is 9.07. The van der Waals surface area contributed by atoms with Gasteiger partial charge in [0.25, 0.3) is 0 Å². The van der Waals surface area contributed by atoms with Gasteiger partial charge in [0.1, 0.15) is 12.1 Å². The van der Waals surface area contributed by atoms with Crippen LogP contribution in [0, 0.1) is 22.7 Å². The van der Waals surface area contributed by atoms with E-state index in [-0.39, 0.29) is 11.4 Å². The van der Waals surface area contributed by atoms with Crippen molar-refractivity contribution in [1.82, 2.24) is 0 Å². The number of allylic oxidation sites excluding steroid dienone is 2. The third-order valence-electron chi connectivity index (χ3n) is 2.16. The maximum Gasteiger partial charge on any atom is 0.177 e. The number of nitrogens with zero attached hydrogens (tertiary/aromatic N) is 4. The van der Waals surface area contributed by atoms with Crippen molar-refractivity contribution in [3.8, 4) is 12.1 Å². The fourth-order valence-corrected chi connectivity index (χ4v) is 2.44. The lowest BCUT2D eigenvalue weighted by atomic mass is 10.3. The van der Waals surface area contributed by atoms with Crippen molar-refractivity contribution in [1.29, 1.82) is 10.5 Å². The highest BCUT2D eigenvalue weighted by atomic mass is 32.1. The van der Waals surface area contributed by atoms with Crippen LogP contribution in [0.5, 0.6) is 0 Å². The van der Waals surface area contributed by atoms with E-state index in [0.29, 0.717) is 0 Å². The Morgan fingerprint density at radius 1 is 0.900 bits per heavy atom. The van der Waals surface area contributed by atoms with Crippen molar-refractivity contribution in [3.63, 3.8) is 0 Å². The number of nitriles is 2. The lowest BCUT2D eigenvalue weighted by Crippen LogP contribution is -1.85. The van der Waals surface area contributed by atoms with E-state index in [1.807, 2.05) is 47.2 Å². The van der Waals surface area contributed by atoms with Crippen molar-refractivity contribution >= 4 is 35.1 Å². The first-order valence-electron chi connectivity index (χ1n) is 5.53. The second kappa shape index (κ2) is 7.15. The van der Waals surface area contributed by atoms with Gasteiger partial charge in [-0.2, -0.15) is 10.5 Å². The summed E-state index contributed by atoms with van der Waals surface area (Å²) in [6, 6.07) is 11.3. The molecule has 0 aliphatic carbocycles. The number of thiophene rings is 2. The summed E-state index contributed by atoms with van der Waals surface area (Å²) in [7, 11) is 0. The van der Waals surface area contributed by atoms with Crippen LogP contribution in [0.2, 0.25) is 0 Å². The van der Waals surface area contributed by atoms with Crippen molar-refractivity contribution in [2.45, 2.75) is 0 Å². The highest BCUT2D eigenvalue weighted by molar-refractivity contribution is 7.12. The fourth-order valence-electron chi connectivity index (χ4n) is 1.27. The predicted molar refractivity (Wildman–Crippen MR) is 82.1 cm³/mol. The van der Waals surface area contributed by atoms with Gasteiger partial charge >= 0.3 is 0 Å². The van der Waals surface area contributed by atoms with Crippen LogP contribution in [-0.4, -0.2) is 12.4 Å². The molecule has 4 nitrogen and oxygen atoms in total. The molecular weight excluding hydrogens is 288 g/mol. The molecule has 0 unspecified atom stereocenters. The lowest BCUT2D eigenvalue weighted by Gasteiger charge is -1.91. The van der Waals surface area contributed by atoms with Gasteiger partial charge in [-0.15, -0.1) is 22.7 Å². The van der Waals surface area contributed by atoms with Crippen LogP contribution in [0.4, 0.5) is 0 Å². The van der Waals surface area contributed by atoms with Gasteiger partial charge in [0.05, 0.1) is 0 Å². The van der Waals surface area contributed by atoms with Crippen molar-refractivity contribution in [2.75, 3.05) is 0 Å². The first-order valence-corrected chi connectivity index (χ1v) is 7.29. The average molecular weight is 296 g/mol. The summed E-state index contributed by atoms with van der Waals surface area (Å²) in [5.74, 6) is 0. The third-order valence-corrected chi connectivity index (χ3v) is 3.78. The van der Waals surface area contributed by atoms with E-state index < -0.39 is 0 Å². The molecule has 0 radical (unpaired) electrons. The second-order valence-electron chi connectivity index (χ2n) is 3.47. The topological polar surface area (TPSA) is 72.3 Å². The van der Waals surface area contributed by atoms with E-state index in [0.717, 1.165) is 9.75 Å². The van der Waals surface area contributed by atoms with Gasteiger partial charge in [0.2, 0.25) is 0 Å². The molecule has 0 bridgehead atoms. The summed E-state index contributed by atoms with van der Waals surface area (Å²) in [5, 5.41) is 22.0. The van der Waals surface area contributed by atoms with Gasteiger partial charge in [-0.05, 0) is 22.9 Å². The standard InChI is InChI=1S/C14H8N4S2/c15-7-13(17-9-11-3-1-5-19-11)14(8-16)18-10-12-4-2-6-20-12/h1-6,9-10H. The smallest absolute Gasteiger partial charge is 0.177 e. The Kier molecular flexibility index (Phi) is 4.96. The number of rotatable bonds is 4. The summed E-state index contributed by atoms with van der Waals surface area (Å²) < 4.78 is 0. The molecule has 2 aromatic rings. The molecule has 0 atom stereocenters. The second-order valence-corrected chi connectivity index (χ2v) is 5.43. The van der Waals surface area contributed by atoms with E-state index in [9.17, 15) is 0 Å². The Morgan fingerprint density at radius 2 is 1.35 bits per heavy atom. The molecular formula is C14H8N4S2. The van der Waals surface area contributed by atoms with E-state index in [1.165, 1.54) is 22.7 Å². The normalized spacial score (nSPS) is 12.3. The number of aliphatic imine (C=N–C) groups is 2. The zero-order valence-electron chi connectivity index (χ0n) is 10.2. The summed E-state index contributed by atoms with van der Waals surface area (Å²) >= 11 is 3.01. The molecule has 6 heteroatoms. The minimum Gasteiger partial charge on any atom is -0.241 e. The van der Waals surface area contributed by atoms with Gasteiger partial charge < -0.3 is 0 Å². The molecule has 2 heterocycles. The molecule has 2 rings (SSSR count). The molecule has 0 saturated carbocycles. The molecule has 0 aliphatic rings. The monoisotopic (exact) mass is 296 g/mol. The Labute approximate surface area is 124 Å². The quantitative estimate of drug-likeness (QED) is 0.638. The first-order chi connectivity index (χ1) is 9.83. The van der Waals surface area contributed by atoms with E-state index in [1.54, 1.807) is 12.4 Å². The van der Waals surface area contributed by atoms with Crippen molar-refractivity contribution < 1.29 is 0 Å². The highest BCUT2D eigenvalue weighted by Crippen LogP contribution is 2.11. The number of hydrogen-bond acceptors (Lipinski definition) is 6. The minimum atomic E-state index is 0.00806. The Hall–Kier alpha value is -2.54. The van der Waals surface area contributed by atoms with Crippen LogP contribution in [0.1, 0.15) is 9.75 Å². The zero-order chi connectivity index (χ0) is 14.2. The largest absolute Gasteiger partial charge is 0.241 e. The minimum absolute atomic E-state index is 0.00806. The molecule has 0 amide bonds. The van der Waals surface area contributed by atoms with Crippen LogP contribution in [0.15, 0.2) is 56.4 Å². The summed E-state index contributed by atoms with van der Waals surface area (Å²) in [5.41, 5.74) is 0.0161. The Bertz CT molecular complexity index is 659. The first kappa shape index (κ1) is 13.9. The van der Waals surface area contributed by atoms with Crippen LogP contribution in [0.3, 0.4) is 0 Å². The molecule has 0 spiro atoms. The lowest BCUT2D eigenvalue weighted by molar-refractivity contribution is 1.27. The van der Waals surface area contributed by atoms with Gasteiger partial charge in [0.15, 0.2) is 11.4 Å². The maximum absolute atomic E-state index is 9.07. The molecule has 0 saturated heterocycles. The molecule has 96 valence electrons. The third kappa shape index (κ3) is 3.72. The molecule has 2 aromatic heterocycles. The van der Waals surface area contributed by atoms with Crippen molar-refractivity contribution in [2.24, 2.45) is 9.98 Å². The SMILES string of the molecule is N#CC(N=Cc1cccs1)=C(C#N)N=Cc1cccs1. The van der Waals surface area contributed by atoms with Gasteiger partial charge in [-0.25, -0.2) is 9.98 Å². The predicted octanol–water partition coefficient (Wildman–Crippen LogP) is 3.61. The van der Waals surface area contributed by atoms with Crippen LogP contribution >= 0.6 is 22.7 Å². The summed E-state index contributed by atoms with van der Waals surface area (Å²) in [6.07, 6.45) is 3.11. The molecule has 0 aliphatic heterocycles. The van der Waals surface area contributed by atoms with Crippen molar-refractivity contribution in [3.05, 3.63) is 56.2 Å². The van der Waals surface area contributed by atoms with E-state index in [4.69, 9.17) is 10.5 Å². The fraction of sp³-hybridized carbons (Fsp3) is 0. The van der Waals surface area contributed by atoms with E-state index in [2.05, 4.69) is 9.98 Å². The van der Waals surface area contributed by atoms with Gasteiger partial charge in [-0.3, -0.25) is 0 Å². The van der Waals surface area contributed by atoms with E-state index >= 15 is 0 Å². The Morgan fingerprint density at radius 3 is 1.65 bits per heavy atom. The number of hydrogen-bond donors (Lipinski definition) is 0. The van der Waals surface area contributed by atoms with Crippen LogP contribution in [0.25, 0.3) is 0 Å². The molecule has 0 N–H and O–H groups in total. The van der Waals surface area contributed by atoms with Crippen LogP contribution < -0.4 is 0 Å². The zero-order valence-corrected chi connectivity index (χ0v) is 11.9. The summed E-state index contributed by atoms with van der Waals surface area (Å²) in [6.45, 7) is 0. The highest BCUT2D eigenvalue weighted by Gasteiger charge is 2.03. The molecule has 0 fully saturated rings. The summed E-state index contributed by atoms with van der Waals surface area (Å²) in [4.78, 5) is 9.88. The van der Waals surface area contributed by atoms with Gasteiger partial charge in [-0.1, -0.05) is 12.1 Å². The molecule has 0 aromatic carbocycles. The van der Waals surface area contributed by atoms with Gasteiger partial charge in [0, 0.05) is 22.2 Å². The Balaban J connectivity index is 2.25. The van der Waals surface area contributed by atoms with Crippen LogP contribution in [-0.2, 0) is 0 Å². The molecule has 20 heavy (non-hydrogen) atoms. The average Bonchev–Trinajstić information content (AvgIpc) is 3.15.